The van der Waals surface area contributed by atoms with Crippen LogP contribution in [0.2, 0.25) is 0 Å². The van der Waals surface area contributed by atoms with Crippen molar-refractivity contribution in [3.63, 3.8) is 0 Å². The van der Waals surface area contributed by atoms with Crippen LogP contribution >= 0.6 is 0 Å². The lowest BCUT2D eigenvalue weighted by Gasteiger charge is -2.38. The number of fused-ring (bicyclic) bond motifs is 1. The molecule has 5 rings (SSSR count). The van der Waals surface area contributed by atoms with Crippen LogP contribution in [0.1, 0.15) is 11.3 Å². The minimum Gasteiger partial charge on any atom is -0.493 e. The van der Waals surface area contributed by atoms with Crippen molar-refractivity contribution < 1.29 is 35.1 Å². The zero-order chi connectivity index (χ0) is 26.8. The number of nitriles is 1. The summed E-state index contributed by atoms with van der Waals surface area (Å²) in [7, 11) is 0. The van der Waals surface area contributed by atoms with Gasteiger partial charge in [0, 0.05) is 5.39 Å². The van der Waals surface area contributed by atoms with Crippen LogP contribution < -0.4 is 4.84 Å². The molecule has 2 aromatic heterocycles. The van der Waals surface area contributed by atoms with Gasteiger partial charge in [0.1, 0.15) is 30.1 Å². The molecule has 0 bridgehead atoms. The molecule has 1 fully saturated rings. The molecule has 1 aliphatic rings. The number of nitrogens with zero attached hydrogens (tertiary/aromatic N) is 7. The van der Waals surface area contributed by atoms with Gasteiger partial charge in [-0.15, -0.1) is 10.2 Å². The standard InChI is InChI=1S/C24H23N7O7/c25-9-13-5-7-14(8-6-13)26-28-19-16-3-1-2-4-17(16)30(23(19)36)10-15-11-31(29-27-15)38-24-22(35)21(34)20(33)18(12-32)37-24/h1-8,11,18,20-22,24,32-36H,10,12H2/t18-,20-,21+,22-,24+/m1/s1. The monoisotopic (exact) mass is 521 g/mol. The maximum Gasteiger partial charge on any atom is 0.256 e. The zero-order valence-electron chi connectivity index (χ0n) is 19.7. The molecular weight excluding hydrogens is 498 g/mol. The Bertz CT molecular complexity index is 1490. The first-order valence-electron chi connectivity index (χ1n) is 11.5. The smallest absolute Gasteiger partial charge is 0.256 e. The predicted molar refractivity (Wildman–Crippen MR) is 128 cm³/mol. The largest absolute Gasteiger partial charge is 0.493 e. The molecule has 0 unspecified atom stereocenters. The van der Waals surface area contributed by atoms with Crippen molar-refractivity contribution in [2.24, 2.45) is 10.2 Å². The Morgan fingerprint density at radius 2 is 1.79 bits per heavy atom. The number of hydrogen-bond acceptors (Lipinski definition) is 12. The number of hydrogen-bond donors (Lipinski definition) is 5. The Balaban J connectivity index is 1.37. The van der Waals surface area contributed by atoms with E-state index < -0.39 is 37.3 Å². The van der Waals surface area contributed by atoms with Crippen LogP contribution in [0.5, 0.6) is 5.88 Å². The first kappa shape index (κ1) is 25.3. The molecule has 14 nitrogen and oxygen atoms in total. The van der Waals surface area contributed by atoms with E-state index in [0.29, 0.717) is 27.8 Å². The van der Waals surface area contributed by atoms with E-state index in [1.807, 2.05) is 6.07 Å². The van der Waals surface area contributed by atoms with E-state index in [1.165, 1.54) is 6.20 Å². The first-order valence-corrected chi connectivity index (χ1v) is 11.5. The summed E-state index contributed by atoms with van der Waals surface area (Å²) in [4.78, 5) is 6.34. The summed E-state index contributed by atoms with van der Waals surface area (Å²) in [5.41, 5.74) is 2.26. The van der Waals surface area contributed by atoms with Crippen molar-refractivity contribution in [1.29, 1.82) is 5.26 Å². The average molecular weight is 521 g/mol. The molecule has 0 amide bonds. The van der Waals surface area contributed by atoms with Crippen LogP contribution in [0.4, 0.5) is 11.4 Å². The van der Waals surface area contributed by atoms with E-state index in [1.54, 1.807) is 53.1 Å². The van der Waals surface area contributed by atoms with Gasteiger partial charge >= 0.3 is 0 Å². The van der Waals surface area contributed by atoms with E-state index in [0.717, 1.165) is 4.85 Å². The van der Waals surface area contributed by atoms with Gasteiger partial charge in [0.2, 0.25) is 5.88 Å². The van der Waals surface area contributed by atoms with Gasteiger partial charge in [-0.25, -0.2) is 0 Å². The van der Waals surface area contributed by atoms with Gasteiger partial charge < -0.3 is 39.7 Å². The SMILES string of the molecule is N#Cc1ccc(N=Nc2c(O)n(Cc3cn(O[C@@H]4O[C@H](CO)[C@@H](O)[C@H](O)[C@H]4O)nn3)c3ccccc23)cc1. The number of benzene rings is 2. The summed E-state index contributed by atoms with van der Waals surface area (Å²) in [6, 6.07) is 15.8. The lowest BCUT2D eigenvalue weighted by Crippen LogP contribution is -2.61. The number of aliphatic hydroxyl groups is 4. The van der Waals surface area contributed by atoms with Gasteiger partial charge in [0.05, 0.1) is 42.2 Å². The summed E-state index contributed by atoms with van der Waals surface area (Å²) >= 11 is 0. The Morgan fingerprint density at radius 1 is 1.03 bits per heavy atom. The third kappa shape index (κ3) is 4.79. The Hall–Kier alpha value is -4.39. The summed E-state index contributed by atoms with van der Waals surface area (Å²) in [6.07, 6.45) is -5.92. The number of aliphatic hydroxyl groups excluding tert-OH is 4. The summed E-state index contributed by atoms with van der Waals surface area (Å²) in [5, 5.41) is 76.2. The highest BCUT2D eigenvalue weighted by molar-refractivity contribution is 5.95. The molecule has 2 aromatic carbocycles. The molecule has 0 aliphatic carbocycles. The van der Waals surface area contributed by atoms with Crippen molar-refractivity contribution in [2.75, 3.05) is 6.61 Å². The van der Waals surface area contributed by atoms with Crippen LogP contribution in [-0.4, -0.2) is 82.6 Å². The third-order valence-corrected chi connectivity index (χ3v) is 6.08. The average Bonchev–Trinajstić information content (AvgIpc) is 3.49. The number of rotatable bonds is 7. The molecule has 1 saturated heterocycles. The Morgan fingerprint density at radius 3 is 2.53 bits per heavy atom. The zero-order valence-corrected chi connectivity index (χ0v) is 19.7. The van der Waals surface area contributed by atoms with E-state index in [9.17, 15) is 25.5 Å². The molecule has 5 atom stereocenters. The van der Waals surface area contributed by atoms with Crippen molar-refractivity contribution in [1.82, 2.24) is 19.7 Å². The summed E-state index contributed by atoms with van der Waals surface area (Å²) in [5.74, 6) is -0.159. The highest BCUT2D eigenvalue weighted by atomic mass is 16.8. The fraction of sp³-hybridized carbons (Fsp3) is 0.292. The highest BCUT2D eigenvalue weighted by Gasteiger charge is 2.45. The second-order valence-corrected chi connectivity index (χ2v) is 8.55. The highest BCUT2D eigenvalue weighted by Crippen LogP contribution is 2.39. The van der Waals surface area contributed by atoms with Crippen molar-refractivity contribution >= 4 is 22.3 Å². The summed E-state index contributed by atoms with van der Waals surface area (Å²) in [6.45, 7) is -0.533. The summed E-state index contributed by atoms with van der Waals surface area (Å²) < 4.78 is 6.87. The maximum atomic E-state index is 11.0. The lowest BCUT2D eigenvalue weighted by molar-refractivity contribution is -0.303. The number of aromatic nitrogens is 4. The number of para-hydroxylation sites is 1. The minimum atomic E-state index is -1.61. The topological polar surface area (TPSA) is 204 Å². The molecule has 0 radical (unpaired) electrons. The number of azo groups is 1. The van der Waals surface area contributed by atoms with Crippen LogP contribution in [0.15, 0.2) is 65.0 Å². The molecule has 4 aromatic rings. The van der Waals surface area contributed by atoms with Gasteiger partial charge in [-0.2, -0.15) is 10.4 Å². The lowest BCUT2D eigenvalue weighted by atomic mass is 9.99. The quantitative estimate of drug-likeness (QED) is 0.213. The maximum absolute atomic E-state index is 11.0. The molecule has 3 heterocycles. The Labute approximate surface area is 214 Å². The number of aromatic hydroxyl groups is 1. The predicted octanol–water partition coefficient (Wildman–Crippen LogP) is 0.502. The molecule has 38 heavy (non-hydrogen) atoms. The second-order valence-electron chi connectivity index (χ2n) is 8.55. The van der Waals surface area contributed by atoms with Crippen molar-refractivity contribution in [3.8, 4) is 11.9 Å². The van der Waals surface area contributed by atoms with Gasteiger partial charge in [-0.05, 0) is 35.5 Å². The van der Waals surface area contributed by atoms with Crippen LogP contribution in [0.25, 0.3) is 10.9 Å². The van der Waals surface area contributed by atoms with Crippen molar-refractivity contribution in [2.45, 2.75) is 37.3 Å². The van der Waals surface area contributed by atoms with E-state index in [-0.39, 0.29) is 18.1 Å². The first-order chi connectivity index (χ1) is 18.4. The van der Waals surface area contributed by atoms with Gasteiger partial charge in [-0.3, -0.25) is 0 Å². The molecular formula is C24H23N7O7. The fourth-order valence-electron chi connectivity index (χ4n) is 4.07. The molecule has 1 aliphatic heterocycles. The molecule has 14 heteroatoms. The van der Waals surface area contributed by atoms with Crippen LogP contribution in [0, 0.1) is 11.3 Å². The molecule has 0 spiro atoms. The molecule has 0 saturated carbocycles. The molecule has 196 valence electrons. The van der Waals surface area contributed by atoms with E-state index in [2.05, 4.69) is 20.5 Å². The third-order valence-electron chi connectivity index (χ3n) is 6.08. The normalized spacial score (nSPS) is 23.6. The van der Waals surface area contributed by atoms with E-state index in [4.69, 9.17) is 14.8 Å². The van der Waals surface area contributed by atoms with Crippen molar-refractivity contribution in [3.05, 3.63) is 66.0 Å². The van der Waals surface area contributed by atoms with Gasteiger partial charge in [0.15, 0.2) is 5.69 Å². The van der Waals surface area contributed by atoms with Crippen LogP contribution in [0.3, 0.4) is 0 Å². The molecule has 5 N–H and O–H groups in total. The van der Waals surface area contributed by atoms with Gasteiger partial charge in [-0.1, -0.05) is 23.0 Å². The van der Waals surface area contributed by atoms with Crippen LogP contribution in [-0.2, 0) is 11.3 Å². The Kier molecular flexibility index (Phi) is 7.01. The minimum absolute atomic E-state index is 0.0662. The second kappa shape index (κ2) is 10.5. The fourth-order valence-corrected chi connectivity index (χ4v) is 4.07. The van der Waals surface area contributed by atoms with E-state index >= 15 is 0 Å². The van der Waals surface area contributed by atoms with Gasteiger partial charge in [0.25, 0.3) is 6.29 Å². The number of ether oxygens (including phenoxy) is 1.